The Balaban J connectivity index is 2.18. The van der Waals surface area contributed by atoms with Gasteiger partial charge >= 0.3 is 6.03 Å². The number of anilines is 1. The SMILES string of the molecule is CC(Cl)C(=O)NC(=O)Nc1ccccc1-c1ccccc1. The number of carbonyl (C=O) groups excluding carboxylic acids is 2. The molecule has 2 aromatic rings. The second kappa shape index (κ2) is 6.90. The van der Waals surface area contributed by atoms with Crippen molar-refractivity contribution in [1.29, 1.82) is 0 Å². The Morgan fingerprint density at radius 1 is 1.00 bits per heavy atom. The van der Waals surface area contributed by atoms with Crippen molar-refractivity contribution in [3.8, 4) is 11.1 Å². The molecule has 0 radical (unpaired) electrons. The second-order valence-corrected chi connectivity index (χ2v) is 5.13. The van der Waals surface area contributed by atoms with Crippen molar-refractivity contribution in [1.82, 2.24) is 5.32 Å². The minimum absolute atomic E-state index is 0.536. The van der Waals surface area contributed by atoms with E-state index >= 15 is 0 Å². The molecule has 0 aliphatic carbocycles. The van der Waals surface area contributed by atoms with Crippen molar-refractivity contribution >= 4 is 29.2 Å². The number of urea groups is 1. The molecular formula is C16H15ClN2O2. The summed E-state index contributed by atoms with van der Waals surface area (Å²) in [7, 11) is 0. The minimum Gasteiger partial charge on any atom is -0.307 e. The monoisotopic (exact) mass is 302 g/mol. The first kappa shape index (κ1) is 15.1. The van der Waals surface area contributed by atoms with E-state index in [1.807, 2.05) is 48.5 Å². The first-order valence-electron chi connectivity index (χ1n) is 6.48. The van der Waals surface area contributed by atoms with E-state index in [0.717, 1.165) is 11.1 Å². The number of benzene rings is 2. The van der Waals surface area contributed by atoms with E-state index in [-0.39, 0.29) is 0 Å². The molecule has 3 amide bonds. The average molecular weight is 303 g/mol. The summed E-state index contributed by atoms with van der Waals surface area (Å²) in [6.07, 6.45) is 0. The number of nitrogens with one attached hydrogen (secondary N) is 2. The molecule has 1 atom stereocenters. The molecule has 108 valence electrons. The molecule has 0 aliphatic rings. The highest BCUT2D eigenvalue weighted by molar-refractivity contribution is 6.31. The summed E-state index contributed by atoms with van der Waals surface area (Å²) in [5, 5.41) is 4.09. The van der Waals surface area contributed by atoms with Crippen molar-refractivity contribution < 1.29 is 9.59 Å². The number of hydrogen-bond donors (Lipinski definition) is 2. The summed E-state index contributed by atoms with van der Waals surface area (Å²) in [5.74, 6) is -0.536. The predicted molar refractivity (Wildman–Crippen MR) is 84.4 cm³/mol. The Labute approximate surface area is 128 Å². The van der Waals surface area contributed by atoms with E-state index < -0.39 is 17.3 Å². The zero-order valence-electron chi connectivity index (χ0n) is 11.5. The Kier molecular flexibility index (Phi) is 4.95. The van der Waals surface area contributed by atoms with E-state index in [1.165, 1.54) is 6.92 Å². The fourth-order valence-corrected chi connectivity index (χ4v) is 1.88. The highest BCUT2D eigenvalue weighted by atomic mass is 35.5. The molecule has 2 rings (SSSR count). The average Bonchev–Trinajstić information content (AvgIpc) is 2.48. The van der Waals surface area contributed by atoms with Crippen LogP contribution in [0.25, 0.3) is 11.1 Å². The lowest BCUT2D eigenvalue weighted by Gasteiger charge is -2.12. The molecule has 0 spiro atoms. The molecule has 0 aromatic heterocycles. The Hall–Kier alpha value is -2.33. The van der Waals surface area contributed by atoms with Gasteiger partial charge in [0.1, 0.15) is 5.38 Å². The molecule has 0 fully saturated rings. The van der Waals surface area contributed by atoms with Crippen molar-refractivity contribution in [2.75, 3.05) is 5.32 Å². The summed E-state index contributed by atoms with van der Waals surface area (Å²) in [6, 6.07) is 16.4. The number of hydrogen-bond acceptors (Lipinski definition) is 2. The third-order valence-corrected chi connectivity index (χ3v) is 3.06. The van der Waals surface area contributed by atoms with Crippen LogP contribution in [0.3, 0.4) is 0 Å². The van der Waals surface area contributed by atoms with Gasteiger partial charge in [0.15, 0.2) is 0 Å². The number of alkyl halides is 1. The van der Waals surface area contributed by atoms with Crippen LogP contribution in [0.15, 0.2) is 54.6 Å². The van der Waals surface area contributed by atoms with Gasteiger partial charge in [0.05, 0.1) is 5.69 Å². The van der Waals surface area contributed by atoms with Gasteiger partial charge in [0.25, 0.3) is 0 Å². The van der Waals surface area contributed by atoms with E-state index in [4.69, 9.17) is 11.6 Å². The maximum atomic E-state index is 11.8. The molecule has 0 bridgehead atoms. The Morgan fingerprint density at radius 3 is 2.29 bits per heavy atom. The zero-order valence-corrected chi connectivity index (χ0v) is 12.2. The maximum absolute atomic E-state index is 11.8. The molecule has 21 heavy (non-hydrogen) atoms. The summed E-state index contributed by atoms with van der Waals surface area (Å²) in [4.78, 5) is 23.2. The van der Waals surface area contributed by atoms with E-state index in [2.05, 4.69) is 10.6 Å². The highest BCUT2D eigenvalue weighted by Crippen LogP contribution is 2.27. The lowest BCUT2D eigenvalue weighted by atomic mass is 10.0. The minimum atomic E-state index is -0.764. The fraction of sp³-hybridized carbons (Fsp3) is 0.125. The Morgan fingerprint density at radius 2 is 1.62 bits per heavy atom. The second-order valence-electron chi connectivity index (χ2n) is 4.47. The molecule has 0 heterocycles. The number of halogens is 1. The molecule has 0 saturated carbocycles. The molecule has 2 N–H and O–H groups in total. The molecular weight excluding hydrogens is 288 g/mol. The van der Waals surface area contributed by atoms with Gasteiger partial charge in [-0.3, -0.25) is 10.1 Å². The van der Waals surface area contributed by atoms with Crippen molar-refractivity contribution in [3.05, 3.63) is 54.6 Å². The standard InChI is InChI=1S/C16H15ClN2O2/c1-11(17)15(20)19-16(21)18-14-10-6-5-9-13(14)12-7-3-2-4-8-12/h2-11H,1H3,(H2,18,19,20,21). The van der Waals surface area contributed by atoms with Gasteiger partial charge in [-0.15, -0.1) is 11.6 Å². The van der Waals surface area contributed by atoms with Gasteiger partial charge in [-0.2, -0.15) is 0 Å². The van der Waals surface area contributed by atoms with Gasteiger partial charge in [-0.25, -0.2) is 4.79 Å². The van der Waals surface area contributed by atoms with Crippen molar-refractivity contribution in [3.63, 3.8) is 0 Å². The number of amides is 3. The molecule has 4 nitrogen and oxygen atoms in total. The summed E-state index contributed by atoms with van der Waals surface area (Å²) < 4.78 is 0. The summed E-state index contributed by atoms with van der Waals surface area (Å²) in [5.41, 5.74) is 2.47. The van der Waals surface area contributed by atoms with Crippen LogP contribution in [-0.2, 0) is 4.79 Å². The molecule has 5 heteroatoms. The zero-order chi connectivity index (χ0) is 15.2. The first-order valence-corrected chi connectivity index (χ1v) is 6.92. The third kappa shape index (κ3) is 4.07. The van der Waals surface area contributed by atoms with Crippen LogP contribution in [0.5, 0.6) is 0 Å². The molecule has 0 saturated heterocycles. The Bertz CT molecular complexity index is 642. The highest BCUT2D eigenvalue weighted by Gasteiger charge is 2.14. The van der Waals surface area contributed by atoms with Crippen LogP contribution < -0.4 is 10.6 Å². The van der Waals surface area contributed by atoms with Gasteiger partial charge in [0.2, 0.25) is 5.91 Å². The van der Waals surface area contributed by atoms with E-state index in [9.17, 15) is 9.59 Å². The lowest BCUT2D eigenvalue weighted by molar-refractivity contribution is -0.119. The van der Waals surface area contributed by atoms with Crippen LogP contribution in [0.4, 0.5) is 10.5 Å². The van der Waals surface area contributed by atoms with Crippen LogP contribution in [0.2, 0.25) is 0 Å². The van der Waals surface area contributed by atoms with Crippen LogP contribution in [-0.4, -0.2) is 17.3 Å². The quantitative estimate of drug-likeness (QED) is 0.851. The van der Waals surface area contributed by atoms with Gasteiger partial charge in [-0.05, 0) is 18.6 Å². The van der Waals surface area contributed by atoms with Crippen LogP contribution in [0.1, 0.15) is 6.92 Å². The summed E-state index contributed by atoms with van der Waals surface area (Å²) in [6.45, 7) is 1.50. The summed E-state index contributed by atoms with van der Waals surface area (Å²) >= 11 is 5.61. The van der Waals surface area contributed by atoms with Crippen molar-refractivity contribution in [2.24, 2.45) is 0 Å². The van der Waals surface area contributed by atoms with Crippen molar-refractivity contribution in [2.45, 2.75) is 12.3 Å². The van der Waals surface area contributed by atoms with E-state index in [1.54, 1.807) is 6.07 Å². The van der Waals surface area contributed by atoms with Gasteiger partial charge < -0.3 is 5.32 Å². The van der Waals surface area contributed by atoms with Crippen LogP contribution >= 0.6 is 11.6 Å². The maximum Gasteiger partial charge on any atom is 0.325 e. The molecule has 0 aliphatic heterocycles. The third-order valence-electron chi connectivity index (χ3n) is 2.86. The smallest absolute Gasteiger partial charge is 0.307 e. The van der Waals surface area contributed by atoms with Gasteiger partial charge in [0, 0.05) is 5.56 Å². The topological polar surface area (TPSA) is 58.2 Å². The number of para-hydroxylation sites is 1. The number of imide groups is 1. The lowest BCUT2D eigenvalue weighted by Crippen LogP contribution is -2.38. The number of rotatable bonds is 3. The predicted octanol–water partition coefficient (Wildman–Crippen LogP) is 3.63. The molecule has 1 unspecified atom stereocenters. The largest absolute Gasteiger partial charge is 0.325 e. The first-order chi connectivity index (χ1) is 10.1. The normalized spacial score (nSPS) is 11.5. The van der Waals surface area contributed by atoms with E-state index in [0.29, 0.717) is 5.69 Å². The fourth-order valence-electron chi connectivity index (χ4n) is 1.83. The van der Waals surface area contributed by atoms with Crippen LogP contribution in [0, 0.1) is 0 Å². The number of carbonyl (C=O) groups is 2. The van der Waals surface area contributed by atoms with Gasteiger partial charge in [-0.1, -0.05) is 48.5 Å². The molecule has 2 aromatic carbocycles.